The van der Waals surface area contributed by atoms with Gasteiger partial charge in [0.05, 0.1) is 5.56 Å². The Morgan fingerprint density at radius 1 is 0.900 bits per heavy atom. The molecule has 30 heavy (non-hydrogen) atoms. The van der Waals surface area contributed by atoms with E-state index in [0.717, 1.165) is 63.7 Å². The number of allylic oxidation sites excluding steroid dienone is 1. The highest BCUT2D eigenvalue weighted by atomic mass is 19.4. The van der Waals surface area contributed by atoms with E-state index >= 15 is 4.39 Å². The second kappa shape index (κ2) is 10.3. The molecule has 0 atom stereocenters. The molecular weight excluding hydrogens is 388 g/mol. The highest BCUT2D eigenvalue weighted by Gasteiger charge is 2.38. The van der Waals surface area contributed by atoms with E-state index in [1.54, 1.807) is 6.07 Å². The minimum atomic E-state index is -4.68. The second-order valence-corrected chi connectivity index (χ2v) is 9.49. The van der Waals surface area contributed by atoms with E-state index in [2.05, 4.69) is 13.8 Å². The molecule has 0 heterocycles. The fourth-order valence-electron chi connectivity index (χ4n) is 5.55. The molecule has 0 unspecified atom stereocenters. The Labute approximate surface area is 179 Å². The summed E-state index contributed by atoms with van der Waals surface area (Å²) in [5.74, 6) is 0.536. The molecule has 0 spiro atoms. The number of hydrogen-bond acceptors (Lipinski definition) is 0. The molecule has 0 bridgehead atoms. The Morgan fingerprint density at radius 3 is 2.10 bits per heavy atom. The molecule has 0 saturated heterocycles. The average molecular weight is 425 g/mol. The van der Waals surface area contributed by atoms with Crippen LogP contribution in [-0.4, -0.2) is 0 Å². The lowest BCUT2D eigenvalue weighted by Gasteiger charge is -2.29. The molecule has 2 aliphatic carbocycles. The molecule has 168 valence electrons. The van der Waals surface area contributed by atoms with Crippen molar-refractivity contribution in [3.63, 3.8) is 0 Å². The van der Waals surface area contributed by atoms with Crippen LogP contribution in [0.3, 0.4) is 0 Å². The van der Waals surface area contributed by atoms with Gasteiger partial charge in [0.1, 0.15) is 5.82 Å². The number of alkyl halides is 3. The molecular formula is C26H36F4. The summed E-state index contributed by atoms with van der Waals surface area (Å²) in [5.41, 5.74) is -0.843. The lowest BCUT2D eigenvalue weighted by Crippen LogP contribution is -2.17. The summed E-state index contributed by atoms with van der Waals surface area (Å²) in [7, 11) is 0. The van der Waals surface area contributed by atoms with Gasteiger partial charge in [-0.1, -0.05) is 57.4 Å². The lowest BCUT2D eigenvalue weighted by atomic mass is 9.77. The zero-order chi connectivity index (χ0) is 21.7. The number of benzene rings is 1. The molecule has 2 aliphatic rings. The monoisotopic (exact) mass is 424 g/mol. The largest absolute Gasteiger partial charge is 0.419 e. The van der Waals surface area contributed by atoms with Crippen LogP contribution in [0.2, 0.25) is 0 Å². The summed E-state index contributed by atoms with van der Waals surface area (Å²) in [5, 5.41) is 0. The van der Waals surface area contributed by atoms with Crippen molar-refractivity contribution in [2.24, 2.45) is 17.8 Å². The van der Waals surface area contributed by atoms with Crippen molar-refractivity contribution in [1.29, 1.82) is 0 Å². The first-order chi connectivity index (χ1) is 14.3. The summed E-state index contributed by atoms with van der Waals surface area (Å²) in [6, 6.07) is 3.10. The van der Waals surface area contributed by atoms with Crippen LogP contribution in [-0.2, 0) is 6.18 Å². The van der Waals surface area contributed by atoms with Crippen LogP contribution < -0.4 is 0 Å². The van der Waals surface area contributed by atoms with Crippen molar-refractivity contribution in [2.75, 3.05) is 0 Å². The van der Waals surface area contributed by atoms with Crippen molar-refractivity contribution < 1.29 is 17.6 Å². The standard InChI is InChI=1S/C26H36F4/c1-3-5-19-6-8-20(9-7-19)12-15-22-16-17-23(25(27)24(22)26(28,29)30)21-13-10-18(4-2)11-14-21/h12,15-21H,3-11,13-14H2,1-2H3. The van der Waals surface area contributed by atoms with Crippen LogP contribution >= 0.6 is 0 Å². The Hall–Kier alpha value is -1.32. The maximum Gasteiger partial charge on any atom is 0.419 e. The maximum atomic E-state index is 15.1. The van der Waals surface area contributed by atoms with E-state index in [-0.39, 0.29) is 17.0 Å². The molecule has 0 nitrogen and oxygen atoms in total. The fraction of sp³-hybridized carbons (Fsp3) is 0.692. The number of hydrogen-bond donors (Lipinski definition) is 0. The minimum Gasteiger partial charge on any atom is -0.206 e. The molecule has 0 radical (unpaired) electrons. The minimum absolute atomic E-state index is 0.0262. The first kappa shape index (κ1) is 23.3. The highest BCUT2D eigenvalue weighted by Crippen LogP contribution is 2.43. The predicted molar refractivity (Wildman–Crippen MR) is 116 cm³/mol. The topological polar surface area (TPSA) is 0 Å². The summed E-state index contributed by atoms with van der Waals surface area (Å²) in [6.45, 7) is 4.34. The van der Waals surface area contributed by atoms with Gasteiger partial charge >= 0.3 is 6.18 Å². The lowest BCUT2D eigenvalue weighted by molar-refractivity contribution is -0.140. The third-order valence-electron chi connectivity index (χ3n) is 7.49. The van der Waals surface area contributed by atoms with Gasteiger partial charge in [0.25, 0.3) is 0 Å². The van der Waals surface area contributed by atoms with Crippen molar-refractivity contribution in [2.45, 2.75) is 96.6 Å². The molecule has 1 aromatic rings. The van der Waals surface area contributed by atoms with Crippen LogP contribution in [0, 0.1) is 23.6 Å². The SMILES string of the molecule is CCCC1CCC(C=Cc2ccc(C3CCC(CC)CC3)c(F)c2C(F)(F)F)CC1. The van der Waals surface area contributed by atoms with Gasteiger partial charge in [-0.05, 0) is 86.2 Å². The number of rotatable bonds is 6. The summed E-state index contributed by atoms with van der Waals surface area (Å²) < 4.78 is 56.5. The summed E-state index contributed by atoms with van der Waals surface area (Å²) in [4.78, 5) is 0. The molecule has 0 aromatic heterocycles. The summed E-state index contributed by atoms with van der Waals surface area (Å²) in [6.07, 6.45) is 10.1. The molecule has 4 heteroatoms. The predicted octanol–water partition coefficient (Wildman–Crippen LogP) is 9.15. The zero-order valence-corrected chi connectivity index (χ0v) is 18.4. The van der Waals surface area contributed by atoms with Crippen LogP contribution in [0.1, 0.15) is 107 Å². The van der Waals surface area contributed by atoms with Gasteiger partial charge in [-0.2, -0.15) is 13.2 Å². The average Bonchev–Trinajstić information content (AvgIpc) is 2.72. The normalized spacial score (nSPS) is 28.2. The van der Waals surface area contributed by atoms with Gasteiger partial charge in [-0.25, -0.2) is 4.39 Å². The number of halogens is 4. The van der Waals surface area contributed by atoms with E-state index in [9.17, 15) is 13.2 Å². The van der Waals surface area contributed by atoms with Crippen molar-refractivity contribution >= 4 is 6.08 Å². The van der Waals surface area contributed by atoms with E-state index in [4.69, 9.17) is 0 Å². The van der Waals surface area contributed by atoms with Crippen molar-refractivity contribution in [1.82, 2.24) is 0 Å². The van der Waals surface area contributed by atoms with E-state index in [1.165, 1.54) is 25.0 Å². The first-order valence-electron chi connectivity index (χ1n) is 11.9. The molecule has 1 aromatic carbocycles. The third kappa shape index (κ3) is 5.68. The fourth-order valence-corrected chi connectivity index (χ4v) is 5.55. The van der Waals surface area contributed by atoms with Gasteiger partial charge in [0.2, 0.25) is 0 Å². The van der Waals surface area contributed by atoms with Gasteiger partial charge in [0, 0.05) is 0 Å². The molecule has 2 fully saturated rings. The Kier molecular flexibility index (Phi) is 8.04. The second-order valence-electron chi connectivity index (χ2n) is 9.49. The van der Waals surface area contributed by atoms with E-state index in [1.807, 2.05) is 6.08 Å². The van der Waals surface area contributed by atoms with Crippen molar-refractivity contribution in [3.05, 3.63) is 40.7 Å². The summed E-state index contributed by atoms with van der Waals surface area (Å²) >= 11 is 0. The van der Waals surface area contributed by atoms with Gasteiger partial charge in [-0.3, -0.25) is 0 Å². The van der Waals surface area contributed by atoms with Gasteiger partial charge in [0.15, 0.2) is 0 Å². The Balaban J connectivity index is 1.77. The maximum absolute atomic E-state index is 15.1. The molecule has 0 aliphatic heterocycles. The smallest absolute Gasteiger partial charge is 0.206 e. The zero-order valence-electron chi connectivity index (χ0n) is 18.4. The first-order valence-corrected chi connectivity index (χ1v) is 11.9. The quantitative estimate of drug-likeness (QED) is 0.399. The van der Waals surface area contributed by atoms with Crippen LogP contribution in [0.5, 0.6) is 0 Å². The van der Waals surface area contributed by atoms with E-state index in [0.29, 0.717) is 11.8 Å². The van der Waals surface area contributed by atoms with E-state index < -0.39 is 17.6 Å². The molecule has 3 rings (SSSR count). The van der Waals surface area contributed by atoms with Gasteiger partial charge < -0.3 is 0 Å². The Bertz CT molecular complexity index is 702. The molecule has 2 saturated carbocycles. The highest BCUT2D eigenvalue weighted by molar-refractivity contribution is 5.57. The van der Waals surface area contributed by atoms with Crippen LogP contribution in [0.25, 0.3) is 6.08 Å². The van der Waals surface area contributed by atoms with Crippen molar-refractivity contribution in [3.8, 4) is 0 Å². The third-order valence-corrected chi connectivity index (χ3v) is 7.49. The Morgan fingerprint density at radius 2 is 1.53 bits per heavy atom. The molecule has 0 N–H and O–H groups in total. The van der Waals surface area contributed by atoms with Gasteiger partial charge in [-0.15, -0.1) is 0 Å². The van der Waals surface area contributed by atoms with Crippen LogP contribution in [0.15, 0.2) is 18.2 Å². The molecule has 0 amide bonds. The van der Waals surface area contributed by atoms with Crippen LogP contribution in [0.4, 0.5) is 17.6 Å².